The third-order valence-electron chi connectivity index (χ3n) is 3.83. The Balaban J connectivity index is 5.13. The van der Waals surface area contributed by atoms with Crippen molar-refractivity contribution in [2.45, 2.75) is 31.5 Å². The first-order valence-electron chi connectivity index (χ1n) is 10.4. The Labute approximate surface area is 225 Å². The van der Waals surface area contributed by atoms with Crippen molar-refractivity contribution < 1.29 is 89.7 Å². The Morgan fingerprint density at radius 2 is 1.23 bits per heavy atom. The molecule has 18 nitrogen and oxygen atoms in total. The summed E-state index contributed by atoms with van der Waals surface area (Å²) in [5.41, 5.74) is 0. The molecule has 0 amide bonds. The van der Waals surface area contributed by atoms with Crippen molar-refractivity contribution in [3.63, 3.8) is 0 Å². The second kappa shape index (κ2) is 19.7. The van der Waals surface area contributed by atoms with Gasteiger partial charge in [0.15, 0.2) is 23.0 Å². The van der Waals surface area contributed by atoms with E-state index in [0.29, 0.717) is 0 Å². The van der Waals surface area contributed by atoms with Crippen LogP contribution in [0.15, 0.2) is 59.6 Å². The lowest BCUT2D eigenvalue weighted by Gasteiger charge is -2.22. The van der Waals surface area contributed by atoms with E-state index < -0.39 is 72.6 Å². The molecule has 0 aliphatic rings. The molecule has 0 aliphatic heterocycles. The van der Waals surface area contributed by atoms with E-state index in [4.69, 9.17) is 41.1 Å². The highest BCUT2D eigenvalue weighted by Crippen LogP contribution is 2.18. The van der Waals surface area contributed by atoms with Crippen LogP contribution in [0, 0.1) is 0 Å². The molecule has 0 aromatic rings. The van der Waals surface area contributed by atoms with Gasteiger partial charge in [-0.2, -0.15) is 0 Å². The Hall–Kier alpha value is -3.33. The highest BCUT2D eigenvalue weighted by atomic mass is 35.5. The van der Waals surface area contributed by atoms with Crippen molar-refractivity contribution >= 4 is 11.6 Å². The lowest BCUT2D eigenvalue weighted by Crippen LogP contribution is -2.27. The van der Waals surface area contributed by atoms with E-state index in [0.717, 1.165) is 0 Å². The van der Waals surface area contributed by atoms with Gasteiger partial charge in [0.05, 0.1) is 19.8 Å². The maximum Gasteiger partial charge on any atom is 0.259 e. The molecule has 12 N–H and O–H groups in total. The number of halogens is 1. The summed E-state index contributed by atoms with van der Waals surface area (Å²) in [6.45, 7) is -1.09. The van der Waals surface area contributed by atoms with Gasteiger partial charge in [0.2, 0.25) is 17.8 Å². The minimum Gasteiger partial charge on any atom is -0.512 e. The number of aliphatic hydroxyl groups excluding tert-OH is 12. The molecule has 0 radical (unpaired) electrons. The van der Waals surface area contributed by atoms with Gasteiger partial charge in [-0.25, -0.2) is 0 Å². The largest absolute Gasteiger partial charge is 0.512 e. The normalized spacial score (nSPS) is 17.9. The average molecular weight is 595 g/mol. The molecule has 0 aromatic heterocycles. The molecule has 226 valence electrons. The maximum atomic E-state index is 9.90. The lowest BCUT2D eigenvalue weighted by atomic mass is 10.4. The second-order valence-electron chi connectivity index (χ2n) is 6.55. The van der Waals surface area contributed by atoms with Gasteiger partial charge >= 0.3 is 0 Å². The van der Waals surface area contributed by atoms with E-state index >= 15 is 0 Å². The zero-order valence-electron chi connectivity index (χ0n) is 19.9. The highest BCUT2D eigenvalue weighted by Gasteiger charge is 2.26. The van der Waals surface area contributed by atoms with Crippen molar-refractivity contribution in [3.05, 3.63) is 59.6 Å². The molecule has 0 spiro atoms. The summed E-state index contributed by atoms with van der Waals surface area (Å²) in [5.74, 6) is -6.04. The molecule has 0 fully saturated rings. The Bertz CT molecular complexity index is 856. The van der Waals surface area contributed by atoms with E-state index in [1.165, 1.54) is 0 Å². The molecule has 0 saturated heterocycles. The van der Waals surface area contributed by atoms with E-state index in [1.807, 2.05) is 0 Å². The Morgan fingerprint density at radius 3 is 1.77 bits per heavy atom. The van der Waals surface area contributed by atoms with Gasteiger partial charge in [-0.05, 0) is 0 Å². The number of rotatable bonds is 20. The summed E-state index contributed by atoms with van der Waals surface area (Å²) in [7, 11) is 0. The zero-order valence-corrected chi connectivity index (χ0v) is 20.7. The number of ether oxygens (including phenoxy) is 6. The standard InChI is InChI=1S/C20H31ClO18/c21-1-2-34-3-4-35-20(33)15(28)12(6-23)37-17(30)11(27)9-36-18(31)13(7-24)39-19(32)14(8-25)38-16(29)10(26)5-22/h5,7-9,16-20,22-33H,1-4,6H2/b10-5-,11-9?,13-7-,14-8-,15-12+/t16-,17-,18-,19-,20-/m1/s1. The minimum absolute atomic E-state index is 0.000431. The molecule has 0 unspecified atom stereocenters. The number of hydrogen-bond acceptors (Lipinski definition) is 18. The fraction of sp³-hybridized carbons (Fsp3) is 0.500. The van der Waals surface area contributed by atoms with Crippen LogP contribution in [-0.4, -0.2) is 125 Å². The van der Waals surface area contributed by atoms with Crippen LogP contribution in [0.4, 0.5) is 0 Å². The molecule has 0 bridgehead atoms. The third kappa shape index (κ3) is 13.3. The molecule has 0 aliphatic carbocycles. The van der Waals surface area contributed by atoms with E-state index in [9.17, 15) is 46.0 Å². The van der Waals surface area contributed by atoms with Crippen LogP contribution >= 0.6 is 11.6 Å². The summed E-state index contributed by atoms with van der Waals surface area (Å²) < 4.78 is 28.2. The van der Waals surface area contributed by atoms with Crippen LogP contribution in [0.5, 0.6) is 0 Å². The zero-order chi connectivity index (χ0) is 30.0. The predicted octanol–water partition coefficient (Wildman–Crippen LogP) is -1.17. The van der Waals surface area contributed by atoms with Crippen LogP contribution in [0.3, 0.4) is 0 Å². The van der Waals surface area contributed by atoms with Gasteiger partial charge in [0.25, 0.3) is 25.2 Å². The topological polar surface area (TPSA) is 298 Å². The average Bonchev–Trinajstić information content (AvgIpc) is 2.94. The summed E-state index contributed by atoms with van der Waals surface area (Å²) in [4.78, 5) is 0. The van der Waals surface area contributed by atoms with Crippen molar-refractivity contribution in [2.24, 2.45) is 0 Å². The predicted molar refractivity (Wildman–Crippen MR) is 124 cm³/mol. The van der Waals surface area contributed by atoms with Crippen LogP contribution < -0.4 is 0 Å². The van der Waals surface area contributed by atoms with Gasteiger partial charge in [0, 0.05) is 5.88 Å². The molecule has 0 rings (SSSR count). The second-order valence-corrected chi connectivity index (χ2v) is 6.93. The highest BCUT2D eigenvalue weighted by molar-refractivity contribution is 6.17. The van der Waals surface area contributed by atoms with Gasteiger partial charge in [-0.3, -0.25) is 0 Å². The van der Waals surface area contributed by atoms with E-state index in [-0.39, 0.29) is 50.7 Å². The first kappa shape index (κ1) is 35.7. The van der Waals surface area contributed by atoms with Crippen LogP contribution in [0.25, 0.3) is 0 Å². The smallest absolute Gasteiger partial charge is 0.259 e. The number of alkyl halides is 1. The molecular formula is C20H31ClO18. The summed E-state index contributed by atoms with van der Waals surface area (Å²) >= 11 is 5.41. The monoisotopic (exact) mass is 594 g/mol. The molecule has 0 aromatic carbocycles. The summed E-state index contributed by atoms with van der Waals surface area (Å²) in [6.07, 6.45) is -10.9. The first-order valence-corrected chi connectivity index (χ1v) is 10.9. The van der Waals surface area contributed by atoms with Crippen molar-refractivity contribution in [3.8, 4) is 0 Å². The third-order valence-corrected chi connectivity index (χ3v) is 3.99. The van der Waals surface area contributed by atoms with Crippen molar-refractivity contribution in [1.82, 2.24) is 0 Å². The van der Waals surface area contributed by atoms with Crippen molar-refractivity contribution in [1.29, 1.82) is 0 Å². The number of aliphatic hydroxyl groups is 12. The summed E-state index contributed by atoms with van der Waals surface area (Å²) in [5, 5.41) is 114. The molecule has 0 saturated carbocycles. The number of hydrogen-bond donors (Lipinski definition) is 12. The molecule has 5 atom stereocenters. The van der Waals surface area contributed by atoms with Crippen LogP contribution in [0.2, 0.25) is 0 Å². The first-order chi connectivity index (χ1) is 18.5. The van der Waals surface area contributed by atoms with Crippen LogP contribution in [0.1, 0.15) is 0 Å². The van der Waals surface area contributed by atoms with Gasteiger partial charge in [-0.1, -0.05) is 0 Å². The molecule has 39 heavy (non-hydrogen) atoms. The van der Waals surface area contributed by atoms with E-state index in [1.54, 1.807) is 0 Å². The Morgan fingerprint density at radius 1 is 0.667 bits per heavy atom. The quantitative estimate of drug-likeness (QED) is 0.0342. The fourth-order valence-corrected chi connectivity index (χ4v) is 2.08. The Kier molecular flexibility index (Phi) is 18.0. The maximum absolute atomic E-state index is 9.90. The SMILES string of the molecule is O/C=C(\O)[C@H](O)O/C(=C\O)[C@H](O)O/C(=C\O)[C@H](O)OC=C(O)[C@H](O)O/C(CO)=C(/O)[C@H](O)OCCOCCCl. The molecule has 0 heterocycles. The van der Waals surface area contributed by atoms with E-state index in [2.05, 4.69) is 14.2 Å². The van der Waals surface area contributed by atoms with Gasteiger partial charge in [-0.15, -0.1) is 11.6 Å². The van der Waals surface area contributed by atoms with Gasteiger partial charge in [0.1, 0.15) is 31.7 Å². The van der Waals surface area contributed by atoms with Crippen molar-refractivity contribution in [2.75, 3.05) is 32.3 Å². The lowest BCUT2D eigenvalue weighted by molar-refractivity contribution is -0.154. The molecular weight excluding hydrogens is 564 g/mol. The fourth-order valence-electron chi connectivity index (χ4n) is 1.97. The van der Waals surface area contributed by atoms with Gasteiger partial charge < -0.3 is 89.7 Å². The molecule has 19 heteroatoms. The minimum atomic E-state index is -2.36. The van der Waals surface area contributed by atoms with Crippen LogP contribution in [-0.2, 0) is 28.4 Å². The summed E-state index contributed by atoms with van der Waals surface area (Å²) in [6, 6.07) is 0.